The minimum Gasteiger partial charge on any atom is -0.455 e. The van der Waals surface area contributed by atoms with Crippen LogP contribution in [0.25, 0.3) is 0 Å². The third-order valence-corrected chi connectivity index (χ3v) is 4.16. The number of ether oxygens (including phenoxy) is 1. The largest absolute Gasteiger partial charge is 0.455 e. The number of hydrogen-bond donors (Lipinski definition) is 1. The molecule has 26 heavy (non-hydrogen) atoms. The molecule has 1 amide bonds. The van der Waals surface area contributed by atoms with Crippen molar-refractivity contribution in [2.75, 3.05) is 5.32 Å². The first-order valence-electron chi connectivity index (χ1n) is 8.09. The Morgan fingerprint density at radius 2 is 1.77 bits per heavy atom. The Hall–Kier alpha value is -2.85. The van der Waals surface area contributed by atoms with Gasteiger partial charge in [-0.15, -0.1) is 0 Å². The third-order valence-electron chi connectivity index (χ3n) is 3.81. The van der Waals surface area contributed by atoms with Gasteiger partial charge in [0.25, 0.3) is 0 Å². The molecule has 0 atom stereocenters. The van der Waals surface area contributed by atoms with Crippen LogP contribution >= 0.6 is 11.6 Å². The molecule has 3 rings (SSSR count). The van der Waals surface area contributed by atoms with Gasteiger partial charge in [0, 0.05) is 10.6 Å². The second kappa shape index (κ2) is 8.02. The first-order chi connectivity index (χ1) is 12.5. The van der Waals surface area contributed by atoms with Gasteiger partial charge in [0.2, 0.25) is 5.91 Å². The topological polar surface area (TPSA) is 38.3 Å². The highest BCUT2D eigenvalue weighted by molar-refractivity contribution is 6.31. The number of benzene rings is 3. The molecular weight excluding hydrogens is 353 g/mol. The van der Waals surface area contributed by atoms with Crippen molar-refractivity contribution < 1.29 is 13.9 Å². The van der Waals surface area contributed by atoms with Crippen molar-refractivity contribution in [3.63, 3.8) is 0 Å². The summed E-state index contributed by atoms with van der Waals surface area (Å²) in [5.74, 6) is 0.285. The van der Waals surface area contributed by atoms with Crippen LogP contribution < -0.4 is 10.1 Å². The smallest absolute Gasteiger partial charge is 0.229 e. The molecule has 3 nitrogen and oxygen atoms in total. The normalized spacial score (nSPS) is 10.4. The molecule has 3 aromatic carbocycles. The van der Waals surface area contributed by atoms with E-state index in [9.17, 15) is 9.18 Å². The maximum Gasteiger partial charge on any atom is 0.229 e. The second-order valence-electron chi connectivity index (χ2n) is 5.84. The number of amides is 1. The molecule has 5 heteroatoms. The molecule has 1 N–H and O–H groups in total. The molecule has 0 unspecified atom stereocenters. The van der Waals surface area contributed by atoms with Crippen LogP contribution in [0, 0.1) is 12.7 Å². The summed E-state index contributed by atoms with van der Waals surface area (Å²) in [7, 11) is 0. The summed E-state index contributed by atoms with van der Waals surface area (Å²) in [6.45, 7) is 1.99. The van der Waals surface area contributed by atoms with Crippen LogP contribution in [0.5, 0.6) is 11.5 Å². The Morgan fingerprint density at radius 1 is 1.04 bits per heavy atom. The number of aryl methyl sites for hydroxylation is 1. The van der Waals surface area contributed by atoms with Gasteiger partial charge in [-0.3, -0.25) is 4.79 Å². The van der Waals surface area contributed by atoms with Crippen molar-refractivity contribution >= 4 is 23.2 Å². The van der Waals surface area contributed by atoms with Crippen molar-refractivity contribution in [1.29, 1.82) is 0 Å². The Kier molecular flexibility index (Phi) is 5.54. The molecule has 0 saturated heterocycles. The van der Waals surface area contributed by atoms with Gasteiger partial charge in [-0.1, -0.05) is 47.5 Å². The fraction of sp³-hybridized carbons (Fsp3) is 0.0952. The van der Waals surface area contributed by atoms with E-state index in [2.05, 4.69) is 5.32 Å². The summed E-state index contributed by atoms with van der Waals surface area (Å²) in [5.41, 5.74) is 1.80. The molecular formula is C21H17ClFNO2. The number of hydrogen-bond acceptors (Lipinski definition) is 2. The van der Waals surface area contributed by atoms with E-state index in [0.29, 0.717) is 17.2 Å². The third kappa shape index (κ3) is 4.41. The Balaban J connectivity index is 1.75. The lowest BCUT2D eigenvalue weighted by atomic mass is 10.1. The van der Waals surface area contributed by atoms with Crippen LogP contribution in [0.2, 0.25) is 5.02 Å². The number of nitrogens with one attached hydrogen (secondary N) is 1. The number of halogens is 2. The lowest BCUT2D eigenvalue weighted by molar-refractivity contribution is -0.115. The lowest BCUT2D eigenvalue weighted by Crippen LogP contribution is -2.16. The summed E-state index contributed by atoms with van der Waals surface area (Å²) in [4.78, 5) is 12.3. The molecule has 132 valence electrons. The van der Waals surface area contributed by atoms with Gasteiger partial charge in [-0.25, -0.2) is 4.39 Å². The maximum atomic E-state index is 13.9. The fourth-order valence-electron chi connectivity index (χ4n) is 2.45. The monoisotopic (exact) mass is 369 g/mol. The zero-order valence-corrected chi connectivity index (χ0v) is 14.9. The molecule has 0 aliphatic carbocycles. The van der Waals surface area contributed by atoms with Gasteiger partial charge in [0.05, 0.1) is 12.1 Å². The van der Waals surface area contributed by atoms with Crippen LogP contribution in [0.4, 0.5) is 10.1 Å². The molecule has 0 aliphatic rings. The Morgan fingerprint density at radius 3 is 2.50 bits per heavy atom. The summed E-state index contributed by atoms with van der Waals surface area (Å²) in [5, 5.41) is 2.98. The highest BCUT2D eigenvalue weighted by Gasteiger charge is 2.14. The first-order valence-corrected chi connectivity index (χ1v) is 8.47. The summed E-state index contributed by atoms with van der Waals surface area (Å²) >= 11 is 5.98. The van der Waals surface area contributed by atoms with Crippen molar-refractivity contribution in [1.82, 2.24) is 0 Å². The number of rotatable bonds is 5. The highest BCUT2D eigenvalue weighted by Crippen LogP contribution is 2.30. The number of carbonyl (C=O) groups excluding carboxylic acids is 1. The number of para-hydroxylation sites is 2. The standard InChI is InChI=1S/C21H17ClFNO2/c1-14-9-11-15(12-10-14)26-20-8-3-2-7-19(20)24-21(25)13-16-17(22)5-4-6-18(16)23/h2-12H,13H2,1H3,(H,24,25). The van der Waals surface area contributed by atoms with E-state index in [1.807, 2.05) is 37.3 Å². The van der Waals surface area contributed by atoms with Gasteiger partial charge in [-0.2, -0.15) is 0 Å². The van der Waals surface area contributed by atoms with Crippen molar-refractivity contribution in [2.24, 2.45) is 0 Å². The van der Waals surface area contributed by atoms with Gasteiger partial charge in [-0.05, 0) is 43.3 Å². The number of anilines is 1. The van der Waals surface area contributed by atoms with Gasteiger partial charge in [0.15, 0.2) is 5.75 Å². The second-order valence-corrected chi connectivity index (χ2v) is 6.24. The van der Waals surface area contributed by atoms with Crippen molar-refractivity contribution in [3.8, 4) is 11.5 Å². The highest BCUT2D eigenvalue weighted by atomic mass is 35.5. The van der Waals surface area contributed by atoms with Gasteiger partial charge in [0.1, 0.15) is 11.6 Å². The fourth-order valence-corrected chi connectivity index (χ4v) is 2.68. The van der Waals surface area contributed by atoms with Crippen molar-refractivity contribution in [2.45, 2.75) is 13.3 Å². The Bertz CT molecular complexity index is 905. The van der Waals surface area contributed by atoms with Crippen LogP contribution in [-0.2, 0) is 11.2 Å². The predicted octanol–water partition coefficient (Wildman–Crippen LogP) is 5.76. The minimum absolute atomic E-state index is 0.162. The Labute approximate surface area is 156 Å². The molecule has 0 aromatic heterocycles. The summed E-state index contributed by atoms with van der Waals surface area (Å²) < 4.78 is 19.7. The molecule has 0 aliphatic heterocycles. The van der Waals surface area contributed by atoms with Crippen LogP contribution in [-0.4, -0.2) is 5.91 Å². The van der Waals surface area contributed by atoms with E-state index in [-0.39, 0.29) is 22.9 Å². The molecule has 0 heterocycles. The first kappa shape index (κ1) is 18.0. The SMILES string of the molecule is Cc1ccc(Oc2ccccc2NC(=O)Cc2c(F)cccc2Cl)cc1. The predicted molar refractivity (Wildman–Crippen MR) is 101 cm³/mol. The molecule has 3 aromatic rings. The quantitative estimate of drug-likeness (QED) is 0.620. The maximum absolute atomic E-state index is 13.9. The molecule has 0 bridgehead atoms. The van der Waals surface area contributed by atoms with E-state index < -0.39 is 5.82 Å². The average Bonchev–Trinajstić information content (AvgIpc) is 2.62. The molecule has 0 saturated carbocycles. The molecule has 0 spiro atoms. The van der Waals surface area contributed by atoms with Crippen LogP contribution in [0.3, 0.4) is 0 Å². The summed E-state index contributed by atoms with van der Waals surface area (Å²) in [6.07, 6.45) is -0.162. The minimum atomic E-state index is -0.503. The van der Waals surface area contributed by atoms with E-state index >= 15 is 0 Å². The summed E-state index contributed by atoms with van der Waals surface area (Å²) in [6, 6.07) is 19.0. The zero-order chi connectivity index (χ0) is 18.5. The van der Waals surface area contributed by atoms with Crippen LogP contribution in [0.15, 0.2) is 66.7 Å². The zero-order valence-electron chi connectivity index (χ0n) is 14.1. The average molecular weight is 370 g/mol. The van der Waals surface area contributed by atoms with E-state index in [4.69, 9.17) is 16.3 Å². The van der Waals surface area contributed by atoms with Crippen molar-refractivity contribution in [3.05, 3.63) is 88.7 Å². The van der Waals surface area contributed by atoms with E-state index in [1.54, 1.807) is 24.3 Å². The van der Waals surface area contributed by atoms with E-state index in [0.717, 1.165) is 5.56 Å². The van der Waals surface area contributed by atoms with Gasteiger partial charge >= 0.3 is 0 Å². The van der Waals surface area contributed by atoms with Crippen LogP contribution in [0.1, 0.15) is 11.1 Å². The lowest BCUT2D eigenvalue weighted by Gasteiger charge is -2.13. The molecule has 0 fully saturated rings. The molecule has 0 radical (unpaired) electrons. The van der Waals surface area contributed by atoms with E-state index in [1.165, 1.54) is 12.1 Å². The number of carbonyl (C=O) groups is 1. The van der Waals surface area contributed by atoms with Gasteiger partial charge < -0.3 is 10.1 Å².